The molecule has 1 aromatic carbocycles. The van der Waals surface area contributed by atoms with Crippen molar-refractivity contribution in [2.45, 2.75) is 56.8 Å². The van der Waals surface area contributed by atoms with Crippen molar-refractivity contribution in [3.8, 4) is 0 Å². The quantitative estimate of drug-likeness (QED) is 0.481. The van der Waals surface area contributed by atoms with Crippen LogP contribution in [0.3, 0.4) is 0 Å². The topological polar surface area (TPSA) is 17.1 Å². The highest BCUT2D eigenvalue weighted by molar-refractivity contribution is 5.91. The average Bonchev–Trinajstić information content (AvgIpc) is 2.38. The van der Waals surface area contributed by atoms with Gasteiger partial charge in [0, 0.05) is 6.42 Å². The summed E-state index contributed by atoms with van der Waals surface area (Å²) in [6, 6.07) is 10.4. The van der Waals surface area contributed by atoms with Gasteiger partial charge in [-0.1, -0.05) is 49.2 Å². The molecule has 19 heavy (non-hydrogen) atoms. The maximum Gasteiger partial charge on any atom is 0.143 e. The van der Waals surface area contributed by atoms with E-state index in [1.165, 1.54) is 12.0 Å². The van der Waals surface area contributed by atoms with Gasteiger partial charge in [0.25, 0.3) is 0 Å². The molecule has 0 atom stereocenters. The first kappa shape index (κ1) is 14.0. The lowest BCUT2D eigenvalue weighted by atomic mass is 9.61. The Morgan fingerprint density at radius 1 is 1.16 bits per heavy atom. The predicted octanol–water partition coefficient (Wildman–Crippen LogP) is 4.81. The number of unbranched alkanes of at least 4 members (excludes halogenated alkanes) is 3. The van der Waals surface area contributed by atoms with E-state index in [1.807, 2.05) is 24.3 Å². The molecule has 1 fully saturated rings. The summed E-state index contributed by atoms with van der Waals surface area (Å²) in [5, 5.41) is 0. The zero-order valence-electron chi connectivity index (χ0n) is 11.7. The van der Waals surface area contributed by atoms with Gasteiger partial charge in [-0.15, -0.1) is 6.58 Å². The fourth-order valence-electron chi connectivity index (χ4n) is 3.01. The molecule has 0 heterocycles. The van der Waals surface area contributed by atoms with Gasteiger partial charge in [-0.25, -0.2) is 0 Å². The zero-order chi connectivity index (χ0) is 13.6. The molecule has 0 N–H and O–H groups in total. The van der Waals surface area contributed by atoms with E-state index in [2.05, 4.69) is 18.7 Å². The SMILES string of the molecule is C=CCCCCCC(=O)C1(c2ccccc2)CCC1. The number of carbonyl (C=O) groups is 1. The van der Waals surface area contributed by atoms with Crippen molar-refractivity contribution in [2.24, 2.45) is 0 Å². The van der Waals surface area contributed by atoms with Gasteiger partial charge in [-0.3, -0.25) is 4.79 Å². The Kier molecular flexibility index (Phi) is 4.95. The fraction of sp³-hybridized carbons (Fsp3) is 0.500. The lowest BCUT2D eigenvalue weighted by molar-refractivity contribution is -0.127. The highest BCUT2D eigenvalue weighted by Crippen LogP contribution is 2.45. The van der Waals surface area contributed by atoms with E-state index in [-0.39, 0.29) is 5.41 Å². The Morgan fingerprint density at radius 3 is 2.47 bits per heavy atom. The van der Waals surface area contributed by atoms with Crippen molar-refractivity contribution in [2.75, 3.05) is 0 Å². The van der Waals surface area contributed by atoms with Gasteiger partial charge in [-0.05, 0) is 37.7 Å². The summed E-state index contributed by atoms with van der Waals surface area (Å²) >= 11 is 0. The molecule has 1 heteroatoms. The normalized spacial score (nSPS) is 16.6. The van der Waals surface area contributed by atoms with Crippen LogP contribution < -0.4 is 0 Å². The monoisotopic (exact) mass is 256 g/mol. The second-order valence-electron chi connectivity index (χ2n) is 5.61. The van der Waals surface area contributed by atoms with Gasteiger partial charge >= 0.3 is 0 Å². The zero-order valence-corrected chi connectivity index (χ0v) is 11.7. The van der Waals surface area contributed by atoms with Crippen LogP contribution in [0.4, 0.5) is 0 Å². The molecule has 2 rings (SSSR count). The van der Waals surface area contributed by atoms with Gasteiger partial charge in [0.05, 0.1) is 5.41 Å². The lowest BCUT2D eigenvalue weighted by Crippen LogP contribution is -2.42. The Balaban J connectivity index is 1.91. The van der Waals surface area contributed by atoms with Crippen molar-refractivity contribution < 1.29 is 4.79 Å². The number of hydrogen-bond acceptors (Lipinski definition) is 1. The van der Waals surface area contributed by atoms with Crippen molar-refractivity contribution in [3.05, 3.63) is 48.6 Å². The van der Waals surface area contributed by atoms with Gasteiger partial charge in [-0.2, -0.15) is 0 Å². The summed E-state index contributed by atoms with van der Waals surface area (Å²) in [5.74, 6) is 0.462. The summed E-state index contributed by atoms with van der Waals surface area (Å²) in [6.07, 6.45) is 10.4. The van der Waals surface area contributed by atoms with Crippen LogP contribution in [-0.2, 0) is 10.2 Å². The summed E-state index contributed by atoms with van der Waals surface area (Å²) in [4.78, 5) is 12.6. The summed E-state index contributed by atoms with van der Waals surface area (Å²) in [7, 11) is 0. The first-order valence-corrected chi connectivity index (χ1v) is 7.49. The van der Waals surface area contributed by atoms with E-state index in [0.717, 1.165) is 44.9 Å². The molecular formula is C18H24O. The number of allylic oxidation sites excluding steroid dienone is 1. The number of Topliss-reactive ketones (excluding diaryl/α,β-unsaturated/α-hetero) is 1. The number of benzene rings is 1. The Bertz CT molecular complexity index is 415. The van der Waals surface area contributed by atoms with Crippen LogP contribution in [0.15, 0.2) is 43.0 Å². The fourth-order valence-corrected chi connectivity index (χ4v) is 3.01. The minimum atomic E-state index is -0.139. The van der Waals surface area contributed by atoms with Crippen LogP contribution in [0.1, 0.15) is 56.9 Å². The van der Waals surface area contributed by atoms with E-state index in [4.69, 9.17) is 0 Å². The highest BCUT2D eigenvalue weighted by Gasteiger charge is 2.44. The Morgan fingerprint density at radius 2 is 1.89 bits per heavy atom. The molecule has 0 spiro atoms. The molecule has 1 aliphatic carbocycles. The van der Waals surface area contributed by atoms with E-state index in [1.54, 1.807) is 0 Å². The van der Waals surface area contributed by atoms with Crippen LogP contribution in [0, 0.1) is 0 Å². The molecule has 0 saturated heterocycles. The average molecular weight is 256 g/mol. The first-order valence-electron chi connectivity index (χ1n) is 7.49. The molecule has 0 unspecified atom stereocenters. The molecule has 1 aliphatic rings. The van der Waals surface area contributed by atoms with Crippen molar-refractivity contribution >= 4 is 5.78 Å². The van der Waals surface area contributed by atoms with Gasteiger partial charge in [0.1, 0.15) is 5.78 Å². The van der Waals surface area contributed by atoms with Crippen LogP contribution in [0.2, 0.25) is 0 Å². The van der Waals surface area contributed by atoms with E-state index in [9.17, 15) is 4.79 Å². The second kappa shape index (κ2) is 6.70. The van der Waals surface area contributed by atoms with Crippen LogP contribution in [-0.4, -0.2) is 5.78 Å². The molecule has 0 radical (unpaired) electrons. The maximum absolute atomic E-state index is 12.6. The number of ketones is 1. The predicted molar refractivity (Wildman–Crippen MR) is 80.3 cm³/mol. The third kappa shape index (κ3) is 3.15. The summed E-state index contributed by atoms with van der Waals surface area (Å²) in [5.41, 5.74) is 1.09. The van der Waals surface area contributed by atoms with Gasteiger partial charge in [0.2, 0.25) is 0 Å². The first-order chi connectivity index (χ1) is 9.29. The molecular weight excluding hydrogens is 232 g/mol. The Hall–Kier alpha value is -1.37. The molecule has 102 valence electrons. The largest absolute Gasteiger partial charge is 0.299 e. The Labute approximate surface area is 116 Å². The number of carbonyl (C=O) groups excluding carboxylic acids is 1. The molecule has 1 aromatic rings. The minimum Gasteiger partial charge on any atom is -0.299 e. The lowest BCUT2D eigenvalue weighted by Gasteiger charge is -2.41. The minimum absolute atomic E-state index is 0.139. The maximum atomic E-state index is 12.6. The molecule has 1 saturated carbocycles. The van der Waals surface area contributed by atoms with Crippen LogP contribution in [0.25, 0.3) is 0 Å². The molecule has 0 bridgehead atoms. The smallest absolute Gasteiger partial charge is 0.143 e. The highest BCUT2D eigenvalue weighted by atomic mass is 16.1. The summed E-state index contributed by atoms with van der Waals surface area (Å²) in [6.45, 7) is 3.73. The van der Waals surface area contributed by atoms with Crippen molar-refractivity contribution in [3.63, 3.8) is 0 Å². The molecule has 0 aliphatic heterocycles. The van der Waals surface area contributed by atoms with E-state index < -0.39 is 0 Å². The van der Waals surface area contributed by atoms with Gasteiger partial charge < -0.3 is 0 Å². The number of hydrogen-bond donors (Lipinski definition) is 0. The molecule has 1 nitrogen and oxygen atoms in total. The molecule has 0 aromatic heterocycles. The third-order valence-corrected chi connectivity index (χ3v) is 4.38. The van der Waals surface area contributed by atoms with Crippen LogP contribution >= 0.6 is 0 Å². The van der Waals surface area contributed by atoms with E-state index in [0.29, 0.717) is 5.78 Å². The second-order valence-corrected chi connectivity index (χ2v) is 5.61. The number of rotatable bonds is 8. The van der Waals surface area contributed by atoms with Crippen molar-refractivity contribution in [1.82, 2.24) is 0 Å². The third-order valence-electron chi connectivity index (χ3n) is 4.38. The van der Waals surface area contributed by atoms with Gasteiger partial charge in [0.15, 0.2) is 0 Å². The standard InChI is InChI=1S/C18H24O/c1-2-3-4-5-9-13-17(19)18(14-10-15-18)16-11-7-6-8-12-16/h2,6-8,11-12H,1,3-5,9-10,13-15H2. The summed E-state index contributed by atoms with van der Waals surface area (Å²) < 4.78 is 0. The van der Waals surface area contributed by atoms with Crippen molar-refractivity contribution in [1.29, 1.82) is 0 Å². The molecule has 0 amide bonds. The van der Waals surface area contributed by atoms with Crippen LogP contribution in [0.5, 0.6) is 0 Å². The van der Waals surface area contributed by atoms with E-state index >= 15 is 0 Å².